The Morgan fingerprint density at radius 3 is 1.63 bits per heavy atom. The highest BCUT2D eigenvalue weighted by Gasteiger charge is 2.45. The van der Waals surface area contributed by atoms with Crippen molar-refractivity contribution >= 4 is 9.05 Å². The molecule has 6 heteroatoms. The van der Waals surface area contributed by atoms with Crippen LogP contribution in [0.3, 0.4) is 0 Å². The Bertz CT molecular complexity index is 180. The van der Waals surface area contributed by atoms with Crippen LogP contribution in [0, 0.1) is 0 Å². The Morgan fingerprint density at radius 1 is 0.737 bits per heavy atom. The molecule has 0 spiro atoms. The summed E-state index contributed by atoms with van der Waals surface area (Å²) in [5.41, 5.74) is 0. The first-order valence-electron chi connectivity index (χ1n) is 7.35. The van der Waals surface area contributed by atoms with Gasteiger partial charge in [0.15, 0.2) is 0 Å². The second kappa shape index (κ2) is 11.8. The van der Waals surface area contributed by atoms with E-state index in [0.29, 0.717) is 33.0 Å². The van der Waals surface area contributed by atoms with E-state index >= 15 is 0 Å². The summed E-state index contributed by atoms with van der Waals surface area (Å²) in [5, 5.41) is 0. The number of rotatable bonds is 13. The maximum absolute atomic E-state index is 5.87. The fourth-order valence-electron chi connectivity index (χ4n) is 1.75. The zero-order chi connectivity index (χ0) is 14.6. The third-order valence-electron chi connectivity index (χ3n) is 2.42. The Labute approximate surface area is 119 Å². The van der Waals surface area contributed by atoms with E-state index in [1.165, 1.54) is 0 Å². The highest BCUT2D eigenvalue weighted by atomic mass is 28.4. The van der Waals surface area contributed by atoms with Crippen LogP contribution in [0.4, 0.5) is 0 Å². The van der Waals surface area contributed by atoms with E-state index in [4.69, 9.17) is 22.4 Å². The van der Waals surface area contributed by atoms with Gasteiger partial charge in [0.2, 0.25) is 0 Å². The summed E-state index contributed by atoms with van der Waals surface area (Å²) in [4.78, 5) is 0. The Kier molecular flexibility index (Phi) is 11.8. The van der Waals surface area contributed by atoms with Crippen LogP contribution in [0.15, 0.2) is 0 Å². The van der Waals surface area contributed by atoms with Gasteiger partial charge in [-0.05, 0) is 34.1 Å². The van der Waals surface area contributed by atoms with Crippen LogP contribution in [-0.2, 0) is 22.4 Å². The highest BCUT2D eigenvalue weighted by molar-refractivity contribution is 6.53. The molecule has 0 aliphatic carbocycles. The van der Waals surface area contributed by atoms with Gasteiger partial charge in [0, 0.05) is 26.4 Å². The molecule has 0 saturated heterocycles. The molecule has 0 heterocycles. The zero-order valence-corrected chi connectivity index (χ0v) is 14.1. The van der Waals surface area contributed by atoms with Gasteiger partial charge in [0.25, 0.3) is 0 Å². The van der Waals surface area contributed by atoms with Crippen LogP contribution >= 0.6 is 0 Å². The zero-order valence-electron chi connectivity index (χ0n) is 13.1. The van der Waals surface area contributed by atoms with E-state index in [1.54, 1.807) is 0 Å². The predicted octanol–water partition coefficient (Wildman–Crippen LogP) is 2.75. The summed E-state index contributed by atoms with van der Waals surface area (Å²) in [5.74, 6) is 0. The summed E-state index contributed by atoms with van der Waals surface area (Å²) in [6, 6.07) is 0. The molecule has 0 aliphatic heterocycles. The van der Waals surface area contributed by atoms with Crippen molar-refractivity contribution in [2.45, 2.75) is 53.6 Å². The lowest BCUT2D eigenvalue weighted by atomic mass is 10.2. The van der Waals surface area contributed by atoms with Crippen molar-refractivity contribution in [3.05, 3.63) is 0 Å². The number of hydrogen-bond acceptors (Lipinski definition) is 5. The molecule has 0 fully saturated rings. The van der Waals surface area contributed by atoms with Crippen molar-refractivity contribution < 1.29 is 22.4 Å². The van der Waals surface area contributed by atoms with Gasteiger partial charge in [-0.3, -0.25) is 0 Å². The van der Waals surface area contributed by atoms with Crippen molar-refractivity contribution in [1.82, 2.24) is 0 Å². The quantitative estimate of drug-likeness (QED) is 0.489. The van der Waals surface area contributed by atoms with E-state index in [1.807, 2.05) is 27.7 Å². The molecule has 0 aromatic carbocycles. The van der Waals surface area contributed by atoms with Crippen LogP contribution in [0.2, 0.25) is 0 Å². The Hall–Kier alpha value is 0.0169. The monoisotopic (exact) mass is 294 g/mol. The molecule has 0 bridgehead atoms. The van der Waals surface area contributed by atoms with Crippen molar-refractivity contribution in [2.24, 2.45) is 0 Å². The fourth-order valence-corrected chi connectivity index (χ4v) is 3.70. The molecular weight excluding hydrogens is 264 g/mol. The van der Waals surface area contributed by atoms with Gasteiger partial charge < -0.3 is 22.4 Å². The molecule has 0 aromatic rings. The molecule has 0 aliphatic rings. The lowest BCUT2D eigenvalue weighted by molar-refractivity contribution is -0.0598. The second-order valence-corrected chi connectivity index (χ2v) is 6.13. The molecule has 0 aromatic heterocycles. The molecule has 0 amide bonds. The molecule has 0 saturated carbocycles. The number of ether oxygens (including phenoxy) is 1. The largest absolute Gasteiger partial charge is 0.679 e. The first kappa shape index (κ1) is 19.0. The smallest absolute Gasteiger partial charge is 0.376 e. The summed E-state index contributed by atoms with van der Waals surface area (Å²) >= 11 is 0. The summed E-state index contributed by atoms with van der Waals surface area (Å²) in [6.07, 6.45) is 2.09. The van der Waals surface area contributed by atoms with Crippen molar-refractivity contribution in [3.8, 4) is 0 Å². The normalized spacial score (nSPS) is 13.7. The van der Waals surface area contributed by atoms with Gasteiger partial charge in [-0.15, -0.1) is 0 Å². The molecule has 5 nitrogen and oxygen atoms in total. The standard InChI is InChI=1S/C13H30O5Si/c1-6-11-13(14-7-2)12-18-19(15-8-3,16-9-4)17-10-5/h13H,6-12H2,1-5H3. The number of hydrogen-bond donors (Lipinski definition) is 0. The summed E-state index contributed by atoms with van der Waals surface area (Å²) in [7, 11) is -3.00. The van der Waals surface area contributed by atoms with Gasteiger partial charge >= 0.3 is 9.05 Å². The van der Waals surface area contributed by atoms with Crippen molar-refractivity contribution in [2.75, 3.05) is 33.0 Å². The molecule has 0 N–H and O–H groups in total. The van der Waals surface area contributed by atoms with Crippen molar-refractivity contribution in [1.29, 1.82) is 0 Å². The average molecular weight is 294 g/mol. The molecule has 0 radical (unpaired) electrons. The maximum atomic E-state index is 5.87. The maximum Gasteiger partial charge on any atom is 0.679 e. The molecule has 19 heavy (non-hydrogen) atoms. The van der Waals surface area contributed by atoms with Crippen LogP contribution < -0.4 is 0 Å². The molecule has 0 rings (SSSR count). The van der Waals surface area contributed by atoms with Gasteiger partial charge in [-0.1, -0.05) is 13.3 Å². The minimum atomic E-state index is -3.00. The lowest BCUT2D eigenvalue weighted by Gasteiger charge is -2.28. The van der Waals surface area contributed by atoms with E-state index < -0.39 is 9.05 Å². The molecule has 1 unspecified atom stereocenters. The lowest BCUT2D eigenvalue weighted by Crippen LogP contribution is -2.50. The van der Waals surface area contributed by atoms with Gasteiger partial charge in [0.05, 0.1) is 12.7 Å². The topological polar surface area (TPSA) is 46.2 Å². The van der Waals surface area contributed by atoms with E-state index in [-0.39, 0.29) is 6.10 Å². The van der Waals surface area contributed by atoms with Crippen molar-refractivity contribution in [3.63, 3.8) is 0 Å². The van der Waals surface area contributed by atoms with Crippen LogP contribution in [0.25, 0.3) is 0 Å². The minimum absolute atomic E-state index is 0.0724. The van der Waals surface area contributed by atoms with E-state index in [0.717, 1.165) is 12.8 Å². The highest BCUT2D eigenvalue weighted by Crippen LogP contribution is 2.14. The second-order valence-electron chi connectivity index (χ2n) is 3.98. The predicted molar refractivity (Wildman–Crippen MR) is 76.9 cm³/mol. The molecule has 116 valence electrons. The van der Waals surface area contributed by atoms with Crippen LogP contribution in [-0.4, -0.2) is 48.2 Å². The van der Waals surface area contributed by atoms with Gasteiger partial charge in [0.1, 0.15) is 0 Å². The summed E-state index contributed by atoms with van der Waals surface area (Å²) < 4.78 is 28.4. The van der Waals surface area contributed by atoms with E-state index in [9.17, 15) is 0 Å². The molecule has 1 atom stereocenters. The first-order chi connectivity index (χ1) is 9.17. The Morgan fingerprint density at radius 2 is 1.26 bits per heavy atom. The fraction of sp³-hybridized carbons (Fsp3) is 1.00. The SMILES string of the molecule is CCCC(CO[Si](OCC)(OCC)OCC)OCC. The summed E-state index contributed by atoms with van der Waals surface area (Å²) in [6.45, 7) is 12.5. The van der Waals surface area contributed by atoms with E-state index in [2.05, 4.69) is 6.92 Å². The van der Waals surface area contributed by atoms with Crippen LogP contribution in [0.5, 0.6) is 0 Å². The van der Waals surface area contributed by atoms with Gasteiger partial charge in [-0.25, -0.2) is 0 Å². The molecular formula is C13H30O5Si. The van der Waals surface area contributed by atoms with Gasteiger partial charge in [-0.2, -0.15) is 0 Å². The van der Waals surface area contributed by atoms with Crippen LogP contribution in [0.1, 0.15) is 47.5 Å². The minimum Gasteiger partial charge on any atom is -0.376 e. The third-order valence-corrected chi connectivity index (χ3v) is 4.87. The third kappa shape index (κ3) is 8.01. The average Bonchev–Trinajstić information content (AvgIpc) is 2.37. The Balaban J connectivity index is 4.49. The first-order valence-corrected chi connectivity index (χ1v) is 8.98.